The zero-order valence-corrected chi connectivity index (χ0v) is 41.8. The molecule has 8 unspecified atom stereocenters. The lowest BCUT2D eigenvalue weighted by Crippen LogP contribution is -2.55. The van der Waals surface area contributed by atoms with Crippen molar-refractivity contribution in [1.82, 2.24) is 35.6 Å². The van der Waals surface area contributed by atoms with Gasteiger partial charge in [0, 0.05) is 65.1 Å². The SMILES string of the molecule is CCC(NC(=O)C(C)C(OC)C1CCCN1C(=O)CC(OC)C(C(C)CC)N(C)C(=O)CNC(=O)C(C(C)C)N(C)C(=O)OCc1ccc(NC(=O)CCCCNC(N)=O)cc1)c1nccs1. The van der Waals surface area contributed by atoms with Crippen molar-refractivity contribution in [3.8, 4) is 0 Å². The smallest absolute Gasteiger partial charge is 0.410 e. The summed E-state index contributed by atoms with van der Waals surface area (Å²) in [6.07, 6.45) is 3.93. The molecule has 6 N–H and O–H groups in total. The van der Waals surface area contributed by atoms with Gasteiger partial charge in [0.05, 0.1) is 49.2 Å². The predicted molar refractivity (Wildman–Crippen MR) is 256 cm³/mol. The Hall–Kier alpha value is -5.34. The number of amides is 8. The number of methoxy groups -OCH3 is 2. The minimum Gasteiger partial charge on any atom is -0.445 e. The number of nitrogens with one attached hydrogen (secondary N) is 4. The number of nitrogens with two attached hydrogens (primary N) is 1. The van der Waals surface area contributed by atoms with Crippen LogP contribution < -0.4 is 27.0 Å². The molecule has 8 atom stereocenters. The number of nitrogens with zero attached hydrogens (tertiary/aromatic N) is 4. The molecule has 8 amide bonds. The summed E-state index contributed by atoms with van der Waals surface area (Å²) in [6.45, 7) is 11.8. The van der Waals surface area contributed by atoms with Gasteiger partial charge in [0.2, 0.25) is 29.5 Å². The summed E-state index contributed by atoms with van der Waals surface area (Å²) in [5.74, 6) is -2.46. The third-order valence-corrected chi connectivity index (χ3v) is 13.4. The average molecular weight is 958 g/mol. The van der Waals surface area contributed by atoms with Gasteiger partial charge in [-0.2, -0.15) is 0 Å². The molecule has 1 aromatic carbocycles. The quantitative estimate of drug-likeness (QED) is 0.0761. The van der Waals surface area contributed by atoms with Gasteiger partial charge in [-0.05, 0) is 61.6 Å². The molecule has 67 heavy (non-hydrogen) atoms. The third kappa shape index (κ3) is 16.7. The Morgan fingerprint density at radius 3 is 2.21 bits per heavy atom. The predicted octanol–water partition coefficient (Wildman–Crippen LogP) is 4.82. The van der Waals surface area contributed by atoms with E-state index in [0.717, 1.165) is 11.4 Å². The summed E-state index contributed by atoms with van der Waals surface area (Å²) < 4.78 is 17.5. The van der Waals surface area contributed by atoms with Crippen LogP contribution in [0.25, 0.3) is 0 Å². The standard InChI is InChI=1S/C47H75N9O10S/c1-11-30(5)41(36(64-9)26-38(58)56-24-15-16-35(56)42(65-10)31(6)43(60)53-34(12-2)45-49-23-25-67-45)54(7)39(59)27-51-44(61)40(29(3)4)55(8)47(63)66-28-32-18-20-33(21-19-32)52-37(57)17-13-14-22-50-46(48)62/h18-21,23,25,29-31,34-36,40-42H,11-17,22,24,26-28H2,1-10H3,(H,51,61)(H,52,57)(H,53,60)(H3,48,50,62). The number of aromatic nitrogens is 1. The van der Waals surface area contributed by atoms with Crippen LogP contribution in [0.3, 0.4) is 0 Å². The summed E-state index contributed by atoms with van der Waals surface area (Å²) in [5, 5.41) is 13.8. The highest BCUT2D eigenvalue weighted by molar-refractivity contribution is 7.09. The zero-order chi connectivity index (χ0) is 49.8. The topological polar surface area (TPSA) is 244 Å². The lowest BCUT2D eigenvalue weighted by molar-refractivity contribution is -0.146. The molecule has 1 fully saturated rings. The normalized spacial score (nSPS) is 16.7. The van der Waals surface area contributed by atoms with Crippen molar-refractivity contribution in [3.05, 3.63) is 46.4 Å². The van der Waals surface area contributed by atoms with Crippen LogP contribution in [-0.4, -0.2) is 140 Å². The van der Waals surface area contributed by atoms with E-state index in [-0.39, 0.29) is 67.6 Å². The van der Waals surface area contributed by atoms with Gasteiger partial charge in [-0.1, -0.05) is 60.1 Å². The van der Waals surface area contributed by atoms with E-state index in [1.807, 2.05) is 33.1 Å². The Bertz CT molecular complexity index is 1900. The highest BCUT2D eigenvalue weighted by Crippen LogP contribution is 2.30. The van der Waals surface area contributed by atoms with Gasteiger partial charge in [-0.15, -0.1) is 11.3 Å². The molecular formula is C47H75N9O10S. The van der Waals surface area contributed by atoms with Crippen LogP contribution in [0.5, 0.6) is 0 Å². The van der Waals surface area contributed by atoms with Crippen LogP contribution in [0.1, 0.15) is 110 Å². The van der Waals surface area contributed by atoms with E-state index in [1.165, 1.54) is 35.3 Å². The Morgan fingerprint density at radius 1 is 0.925 bits per heavy atom. The molecule has 0 spiro atoms. The number of urea groups is 1. The first kappa shape index (κ1) is 56.0. The molecule has 20 heteroatoms. The first-order valence-corrected chi connectivity index (χ1v) is 24.2. The van der Waals surface area contributed by atoms with Gasteiger partial charge >= 0.3 is 12.1 Å². The number of rotatable bonds is 27. The van der Waals surface area contributed by atoms with Crippen LogP contribution >= 0.6 is 11.3 Å². The summed E-state index contributed by atoms with van der Waals surface area (Å²) >= 11 is 1.49. The Balaban J connectivity index is 1.59. The number of unbranched alkanes of at least 4 members (excludes halogenated alkanes) is 1. The highest BCUT2D eigenvalue weighted by atomic mass is 32.1. The molecule has 19 nitrogen and oxygen atoms in total. The van der Waals surface area contributed by atoms with E-state index < -0.39 is 54.1 Å². The second kappa shape index (κ2) is 28.1. The van der Waals surface area contributed by atoms with Crippen molar-refractivity contribution < 1.29 is 47.8 Å². The van der Waals surface area contributed by atoms with Gasteiger partial charge in [-0.3, -0.25) is 28.9 Å². The molecule has 0 bridgehead atoms. The van der Waals surface area contributed by atoms with Crippen molar-refractivity contribution in [2.24, 2.45) is 23.5 Å². The zero-order valence-electron chi connectivity index (χ0n) is 41.0. The molecule has 374 valence electrons. The average Bonchev–Trinajstić information content (AvgIpc) is 4.03. The molecule has 2 heterocycles. The van der Waals surface area contributed by atoms with Crippen molar-refractivity contribution in [1.29, 1.82) is 0 Å². The molecule has 1 aliphatic heterocycles. The van der Waals surface area contributed by atoms with Gasteiger partial charge in [-0.25, -0.2) is 14.6 Å². The van der Waals surface area contributed by atoms with E-state index in [0.29, 0.717) is 56.4 Å². The van der Waals surface area contributed by atoms with Crippen molar-refractivity contribution in [2.75, 3.05) is 53.3 Å². The minimum atomic E-state index is -0.964. The monoisotopic (exact) mass is 958 g/mol. The van der Waals surface area contributed by atoms with Crippen LogP contribution in [0, 0.1) is 17.8 Å². The number of likely N-dealkylation sites (N-methyl/N-ethyl adjacent to an activating group) is 2. The van der Waals surface area contributed by atoms with E-state index >= 15 is 0 Å². The number of benzene rings is 1. The van der Waals surface area contributed by atoms with Crippen molar-refractivity contribution in [2.45, 2.75) is 136 Å². The van der Waals surface area contributed by atoms with Crippen molar-refractivity contribution >= 4 is 58.7 Å². The fourth-order valence-corrected chi connectivity index (χ4v) is 9.35. The van der Waals surface area contributed by atoms with Crippen LogP contribution in [0.2, 0.25) is 0 Å². The third-order valence-electron chi connectivity index (χ3n) is 12.5. The van der Waals surface area contributed by atoms with Gasteiger partial charge in [0.25, 0.3) is 0 Å². The van der Waals surface area contributed by atoms with Crippen molar-refractivity contribution in [3.63, 3.8) is 0 Å². The number of anilines is 1. The molecule has 3 rings (SSSR count). The second-order valence-electron chi connectivity index (χ2n) is 17.5. The van der Waals surface area contributed by atoms with Crippen LogP contribution in [0.4, 0.5) is 15.3 Å². The maximum atomic E-state index is 14.2. The number of carbonyl (C=O) groups is 7. The van der Waals surface area contributed by atoms with E-state index in [4.69, 9.17) is 19.9 Å². The Kier molecular flexibility index (Phi) is 23.5. The maximum Gasteiger partial charge on any atom is 0.410 e. The first-order valence-electron chi connectivity index (χ1n) is 23.3. The number of likely N-dealkylation sites (tertiary alicyclic amines) is 1. The number of ether oxygens (including phenoxy) is 3. The molecule has 0 saturated carbocycles. The lowest BCUT2D eigenvalue weighted by atomic mass is 9.90. The van der Waals surface area contributed by atoms with E-state index in [9.17, 15) is 33.6 Å². The summed E-state index contributed by atoms with van der Waals surface area (Å²) in [6, 6.07) is 4.14. The van der Waals surface area contributed by atoms with Gasteiger partial charge in [0.1, 0.15) is 17.7 Å². The Labute approximate surface area is 400 Å². The Morgan fingerprint density at radius 2 is 1.63 bits per heavy atom. The van der Waals surface area contributed by atoms with Gasteiger partial charge < -0.3 is 51.0 Å². The highest BCUT2D eigenvalue weighted by Gasteiger charge is 2.42. The first-order chi connectivity index (χ1) is 31.9. The fraction of sp³-hybridized carbons (Fsp3) is 0.660. The summed E-state index contributed by atoms with van der Waals surface area (Å²) in [5.41, 5.74) is 6.27. The number of thiazole rings is 1. The number of hydrogen-bond donors (Lipinski definition) is 5. The summed E-state index contributed by atoms with van der Waals surface area (Å²) in [7, 11) is 6.17. The maximum absolute atomic E-state index is 14.2. The second-order valence-corrected chi connectivity index (χ2v) is 18.5. The van der Waals surface area contributed by atoms with Gasteiger partial charge in [0.15, 0.2) is 0 Å². The van der Waals surface area contributed by atoms with E-state index in [1.54, 1.807) is 63.4 Å². The molecule has 1 aliphatic rings. The van der Waals surface area contributed by atoms with Crippen LogP contribution in [-0.2, 0) is 44.8 Å². The van der Waals surface area contributed by atoms with Crippen LogP contribution in [0.15, 0.2) is 35.8 Å². The number of hydrogen-bond acceptors (Lipinski definition) is 12. The molecule has 1 saturated heterocycles. The molecule has 1 aromatic heterocycles. The fourth-order valence-electron chi connectivity index (χ4n) is 8.58. The number of primary amides is 1. The van der Waals surface area contributed by atoms with E-state index in [2.05, 4.69) is 26.3 Å². The lowest BCUT2D eigenvalue weighted by Gasteiger charge is -2.39. The minimum absolute atomic E-state index is 0.0198. The largest absolute Gasteiger partial charge is 0.445 e. The number of carbonyl (C=O) groups excluding carboxylic acids is 7. The summed E-state index contributed by atoms with van der Waals surface area (Å²) in [4.78, 5) is 100. The molecule has 2 aromatic rings. The molecular weight excluding hydrogens is 883 g/mol. The molecule has 0 aliphatic carbocycles. The molecule has 0 radical (unpaired) electrons.